The molecule has 3 aliphatic heterocycles. The van der Waals surface area contributed by atoms with Crippen LogP contribution in [-0.2, 0) is 6.42 Å². The first-order valence-corrected chi connectivity index (χ1v) is 7.00. The molecule has 2 nitrogen and oxygen atoms in total. The molecule has 3 heterocycles. The van der Waals surface area contributed by atoms with Gasteiger partial charge in [0.1, 0.15) is 0 Å². The number of fused-ring (bicyclic) bond motifs is 4. The Morgan fingerprint density at radius 3 is 2.94 bits per heavy atom. The first-order chi connectivity index (χ1) is 8.42. The Labute approximate surface area is 103 Å². The predicted octanol–water partition coefficient (Wildman–Crippen LogP) is 2.29. The molecule has 2 saturated heterocycles. The van der Waals surface area contributed by atoms with E-state index in [9.17, 15) is 0 Å². The van der Waals surface area contributed by atoms with Crippen LogP contribution in [0.4, 0.5) is 5.69 Å². The van der Waals surface area contributed by atoms with E-state index in [1.165, 1.54) is 51.0 Å². The summed E-state index contributed by atoms with van der Waals surface area (Å²) in [6.07, 6.45) is 5.52. The quantitative estimate of drug-likeness (QED) is 0.672. The van der Waals surface area contributed by atoms with Gasteiger partial charge >= 0.3 is 0 Å². The molecule has 1 aromatic rings. The zero-order chi connectivity index (χ0) is 11.2. The molecule has 2 atom stereocenters. The molecule has 90 valence electrons. The third kappa shape index (κ3) is 1.50. The van der Waals surface area contributed by atoms with Gasteiger partial charge in [0.2, 0.25) is 0 Å². The number of para-hydroxylation sites is 1. The molecular weight excluding hydrogens is 208 g/mol. The number of piperidine rings is 1. The third-order valence-corrected chi connectivity index (χ3v) is 4.80. The Hall–Kier alpha value is -1.02. The van der Waals surface area contributed by atoms with E-state index in [-0.39, 0.29) is 0 Å². The number of anilines is 1. The first-order valence-electron chi connectivity index (χ1n) is 7.00. The molecule has 0 bridgehead atoms. The summed E-state index contributed by atoms with van der Waals surface area (Å²) in [5, 5.41) is 0. The van der Waals surface area contributed by atoms with Crippen LogP contribution in [0.25, 0.3) is 0 Å². The fraction of sp³-hybridized carbons (Fsp3) is 0.600. The highest BCUT2D eigenvalue weighted by Crippen LogP contribution is 2.36. The van der Waals surface area contributed by atoms with Gasteiger partial charge in [-0.2, -0.15) is 0 Å². The van der Waals surface area contributed by atoms with Gasteiger partial charge in [-0.3, -0.25) is 4.90 Å². The van der Waals surface area contributed by atoms with Crippen molar-refractivity contribution < 1.29 is 0 Å². The minimum absolute atomic E-state index is 0.752. The van der Waals surface area contributed by atoms with Crippen molar-refractivity contribution in [2.75, 3.05) is 24.5 Å². The highest BCUT2D eigenvalue weighted by molar-refractivity contribution is 5.60. The van der Waals surface area contributed by atoms with Gasteiger partial charge in [-0.15, -0.1) is 0 Å². The van der Waals surface area contributed by atoms with Crippen molar-refractivity contribution in [3.8, 4) is 0 Å². The standard InChI is InChI=1S/C15H20N2/c1-2-7-15-12(5-1)9-14-10-16-8-4-3-6-13(16)11-17(14)15/h1-2,5,7,13-14H,3-4,6,8-11H2. The van der Waals surface area contributed by atoms with Crippen LogP contribution in [0.3, 0.4) is 0 Å². The zero-order valence-corrected chi connectivity index (χ0v) is 10.3. The van der Waals surface area contributed by atoms with Crippen LogP contribution in [0, 0.1) is 0 Å². The maximum Gasteiger partial charge on any atom is 0.0459 e. The minimum atomic E-state index is 0.752. The van der Waals surface area contributed by atoms with E-state index in [0.29, 0.717) is 0 Å². The molecule has 0 aromatic heterocycles. The van der Waals surface area contributed by atoms with Crippen molar-refractivity contribution in [1.82, 2.24) is 4.90 Å². The first kappa shape index (κ1) is 9.95. The van der Waals surface area contributed by atoms with Crippen LogP contribution < -0.4 is 4.90 Å². The molecule has 3 aliphatic rings. The second kappa shape index (κ2) is 3.74. The van der Waals surface area contributed by atoms with Crippen molar-refractivity contribution in [1.29, 1.82) is 0 Å². The lowest BCUT2D eigenvalue weighted by molar-refractivity contribution is 0.115. The number of benzene rings is 1. The van der Waals surface area contributed by atoms with Gasteiger partial charge in [-0.05, 0) is 37.4 Å². The van der Waals surface area contributed by atoms with Gasteiger partial charge in [0.05, 0.1) is 0 Å². The van der Waals surface area contributed by atoms with Crippen LogP contribution >= 0.6 is 0 Å². The Balaban J connectivity index is 1.64. The van der Waals surface area contributed by atoms with Crippen molar-refractivity contribution in [2.45, 2.75) is 37.8 Å². The molecule has 0 aliphatic carbocycles. The molecule has 0 saturated carbocycles. The average Bonchev–Trinajstić information content (AvgIpc) is 2.73. The molecule has 0 radical (unpaired) electrons. The Morgan fingerprint density at radius 1 is 1.00 bits per heavy atom. The van der Waals surface area contributed by atoms with Crippen molar-refractivity contribution >= 4 is 5.69 Å². The lowest BCUT2D eigenvalue weighted by atomic mass is 9.97. The maximum absolute atomic E-state index is 2.75. The molecule has 1 aromatic carbocycles. The summed E-state index contributed by atoms with van der Waals surface area (Å²) in [5.74, 6) is 0. The van der Waals surface area contributed by atoms with E-state index in [4.69, 9.17) is 0 Å². The van der Waals surface area contributed by atoms with E-state index in [0.717, 1.165) is 12.1 Å². The molecule has 0 spiro atoms. The van der Waals surface area contributed by atoms with Crippen molar-refractivity contribution in [2.24, 2.45) is 0 Å². The SMILES string of the molecule is c1ccc2c(c1)CC1CN3CCCCC3CN21. The van der Waals surface area contributed by atoms with Gasteiger partial charge in [-0.25, -0.2) is 0 Å². The van der Waals surface area contributed by atoms with Gasteiger partial charge in [0.15, 0.2) is 0 Å². The lowest BCUT2D eigenvalue weighted by Gasteiger charge is -2.47. The molecule has 2 unspecified atom stereocenters. The van der Waals surface area contributed by atoms with Crippen LogP contribution in [-0.4, -0.2) is 36.6 Å². The van der Waals surface area contributed by atoms with E-state index in [1.54, 1.807) is 5.56 Å². The van der Waals surface area contributed by atoms with Gasteiger partial charge < -0.3 is 4.90 Å². The van der Waals surface area contributed by atoms with Crippen molar-refractivity contribution in [3.05, 3.63) is 29.8 Å². The number of hydrogen-bond donors (Lipinski definition) is 0. The number of hydrogen-bond acceptors (Lipinski definition) is 2. The van der Waals surface area contributed by atoms with Crippen LogP contribution in [0.15, 0.2) is 24.3 Å². The van der Waals surface area contributed by atoms with E-state index < -0.39 is 0 Å². The van der Waals surface area contributed by atoms with Crippen LogP contribution in [0.2, 0.25) is 0 Å². The smallest absolute Gasteiger partial charge is 0.0459 e. The summed E-state index contributed by atoms with van der Waals surface area (Å²) in [6, 6.07) is 10.6. The highest BCUT2D eigenvalue weighted by atomic mass is 15.3. The Morgan fingerprint density at radius 2 is 1.94 bits per heavy atom. The summed E-state index contributed by atoms with van der Waals surface area (Å²) in [6.45, 7) is 3.90. The van der Waals surface area contributed by atoms with E-state index >= 15 is 0 Å². The molecule has 17 heavy (non-hydrogen) atoms. The van der Waals surface area contributed by atoms with Crippen molar-refractivity contribution in [3.63, 3.8) is 0 Å². The molecule has 0 N–H and O–H groups in total. The fourth-order valence-corrected chi connectivity index (χ4v) is 3.94. The van der Waals surface area contributed by atoms with Gasteiger partial charge in [0.25, 0.3) is 0 Å². The van der Waals surface area contributed by atoms with Crippen LogP contribution in [0.5, 0.6) is 0 Å². The lowest BCUT2D eigenvalue weighted by Crippen LogP contribution is -2.58. The van der Waals surface area contributed by atoms with Gasteiger partial charge in [-0.1, -0.05) is 24.6 Å². The molecule has 0 amide bonds. The summed E-state index contributed by atoms with van der Waals surface area (Å²) < 4.78 is 0. The molecular formula is C15H20N2. The van der Waals surface area contributed by atoms with Crippen LogP contribution in [0.1, 0.15) is 24.8 Å². The topological polar surface area (TPSA) is 6.48 Å². The Bertz CT molecular complexity index is 429. The summed E-state index contributed by atoms with van der Waals surface area (Å²) in [5.41, 5.74) is 3.08. The highest BCUT2D eigenvalue weighted by Gasteiger charge is 2.38. The van der Waals surface area contributed by atoms with E-state index in [2.05, 4.69) is 34.1 Å². The summed E-state index contributed by atoms with van der Waals surface area (Å²) >= 11 is 0. The normalized spacial score (nSPS) is 31.9. The minimum Gasteiger partial charge on any atom is -0.365 e. The zero-order valence-electron chi connectivity index (χ0n) is 10.3. The van der Waals surface area contributed by atoms with Gasteiger partial charge in [0, 0.05) is 30.9 Å². The second-order valence-electron chi connectivity index (χ2n) is 5.78. The second-order valence-corrected chi connectivity index (χ2v) is 5.78. The molecule has 4 rings (SSSR count). The summed E-state index contributed by atoms with van der Waals surface area (Å²) in [4.78, 5) is 5.43. The third-order valence-electron chi connectivity index (χ3n) is 4.80. The number of nitrogens with zero attached hydrogens (tertiary/aromatic N) is 2. The fourth-order valence-electron chi connectivity index (χ4n) is 3.94. The largest absolute Gasteiger partial charge is 0.365 e. The Kier molecular flexibility index (Phi) is 2.19. The monoisotopic (exact) mass is 228 g/mol. The maximum atomic E-state index is 2.75. The summed E-state index contributed by atoms with van der Waals surface area (Å²) in [7, 11) is 0. The number of rotatable bonds is 0. The van der Waals surface area contributed by atoms with E-state index in [1.807, 2.05) is 0 Å². The number of piperazine rings is 1. The average molecular weight is 228 g/mol. The molecule has 2 heteroatoms. The predicted molar refractivity (Wildman–Crippen MR) is 70.5 cm³/mol. The molecule has 2 fully saturated rings.